The summed E-state index contributed by atoms with van der Waals surface area (Å²) in [6.45, 7) is 2.15. The van der Waals surface area contributed by atoms with Crippen LogP contribution in [0.1, 0.15) is 5.56 Å². The molecule has 0 saturated heterocycles. The fraction of sp³-hybridized carbons (Fsp3) is 0.385. The molecule has 0 saturated carbocycles. The van der Waals surface area contributed by atoms with Gasteiger partial charge in [0.05, 0.1) is 11.1 Å². The van der Waals surface area contributed by atoms with E-state index < -0.39 is 6.10 Å². The van der Waals surface area contributed by atoms with Crippen LogP contribution in [0.2, 0.25) is 5.02 Å². The molecule has 0 fully saturated rings. The van der Waals surface area contributed by atoms with Crippen LogP contribution in [-0.4, -0.2) is 38.3 Å². The monoisotopic (exact) mass is 313 g/mol. The molecule has 0 radical (unpaired) electrons. The minimum absolute atomic E-state index is 0.189. The van der Waals surface area contributed by atoms with Crippen molar-refractivity contribution in [2.75, 3.05) is 12.4 Å². The van der Waals surface area contributed by atoms with Crippen LogP contribution in [0.5, 0.6) is 5.75 Å². The molecule has 0 spiro atoms. The van der Waals surface area contributed by atoms with E-state index in [-0.39, 0.29) is 6.61 Å². The number of ether oxygens (including phenoxy) is 1. The first-order valence-corrected chi connectivity index (χ1v) is 7.46. The van der Waals surface area contributed by atoms with Gasteiger partial charge in [0.25, 0.3) is 0 Å². The number of hydrogen-bond acceptors (Lipinski definition) is 5. The van der Waals surface area contributed by atoms with E-state index in [1.165, 1.54) is 11.8 Å². The molecule has 7 heteroatoms. The molecule has 0 aliphatic heterocycles. The van der Waals surface area contributed by atoms with Crippen molar-refractivity contribution >= 4 is 23.4 Å². The lowest BCUT2D eigenvalue weighted by Crippen LogP contribution is -2.20. The molecule has 1 N–H and O–H groups in total. The minimum atomic E-state index is -0.603. The van der Waals surface area contributed by atoms with Crippen LogP contribution in [0, 0.1) is 6.92 Å². The molecule has 5 nitrogen and oxygen atoms in total. The summed E-state index contributed by atoms with van der Waals surface area (Å²) in [5.41, 5.74) is 1.06. The number of hydrogen-bond donors (Lipinski definition) is 1. The SMILES string of the molecule is Cc1ccc(Cl)c(OC[C@@H](O)CSc2nncn2C)c1. The number of halogens is 1. The number of rotatable bonds is 6. The van der Waals surface area contributed by atoms with Gasteiger partial charge in [0.2, 0.25) is 0 Å². The molecule has 0 amide bonds. The highest BCUT2D eigenvalue weighted by Gasteiger charge is 2.10. The van der Waals surface area contributed by atoms with Gasteiger partial charge in [0, 0.05) is 12.8 Å². The van der Waals surface area contributed by atoms with Gasteiger partial charge in [-0.1, -0.05) is 29.4 Å². The molecular formula is C13H16ClN3O2S. The third-order valence-corrected chi connectivity index (χ3v) is 4.08. The topological polar surface area (TPSA) is 60.2 Å². The number of aromatic nitrogens is 3. The number of aryl methyl sites for hydroxylation is 2. The Morgan fingerprint density at radius 3 is 3.00 bits per heavy atom. The van der Waals surface area contributed by atoms with Gasteiger partial charge in [0.15, 0.2) is 5.16 Å². The average Bonchev–Trinajstić information content (AvgIpc) is 2.83. The fourth-order valence-corrected chi connectivity index (χ4v) is 2.49. The number of aliphatic hydroxyl groups excluding tert-OH is 1. The largest absolute Gasteiger partial charge is 0.489 e. The summed E-state index contributed by atoms with van der Waals surface area (Å²) in [6.07, 6.45) is 1.02. The van der Waals surface area contributed by atoms with Crippen molar-refractivity contribution in [1.29, 1.82) is 0 Å². The van der Waals surface area contributed by atoms with Gasteiger partial charge in [-0.15, -0.1) is 10.2 Å². The van der Waals surface area contributed by atoms with Gasteiger partial charge in [0.1, 0.15) is 18.7 Å². The summed E-state index contributed by atoms with van der Waals surface area (Å²) < 4.78 is 7.34. The zero-order chi connectivity index (χ0) is 14.5. The highest BCUT2D eigenvalue weighted by molar-refractivity contribution is 7.99. The van der Waals surface area contributed by atoms with E-state index in [0.717, 1.165) is 10.7 Å². The maximum Gasteiger partial charge on any atom is 0.190 e. The molecule has 1 heterocycles. The van der Waals surface area contributed by atoms with Crippen LogP contribution in [0.25, 0.3) is 0 Å². The normalized spacial score (nSPS) is 12.4. The predicted octanol–water partition coefficient (Wildman–Crippen LogP) is 2.31. The molecular weight excluding hydrogens is 298 g/mol. The van der Waals surface area contributed by atoms with E-state index in [1.54, 1.807) is 17.0 Å². The summed E-state index contributed by atoms with van der Waals surface area (Å²) in [7, 11) is 1.86. The second-order valence-electron chi connectivity index (χ2n) is 4.43. The molecule has 2 rings (SSSR count). The van der Waals surface area contributed by atoms with Crippen molar-refractivity contribution in [3.63, 3.8) is 0 Å². The van der Waals surface area contributed by atoms with Crippen molar-refractivity contribution < 1.29 is 9.84 Å². The number of benzene rings is 1. The fourth-order valence-electron chi connectivity index (χ4n) is 1.53. The van der Waals surface area contributed by atoms with Crippen molar-refractivity contribution in [3.8, 4) is 5.75 Å². The Hall–Kier alpha value is -1.24. The van der Waals surface area contributed by atoms with Crippen molar-refractivity contribution in [3.05, 3.63) is 35.1 Å². The Kier molecular flexibility index (Phi) is 5.28. The Morgan fingerprint density at radius 2 is 2.30 bits per heavy atom. The summed E-state index contributed by atoms with van der Waals surface area (Å²) >= 11 is 7.46. The second-order valence-corrected chi connectivity index (χ2v) is 5.83. The van der Waals surface area contributed by atoms with Crippen LogP contribution < -0.4 is 4.74 Å². The lowest BCUT2D eigenvalue weighted by Gasteiger charge is -2.13. The van der Waals surface area contributed by atoms with Gasteiger partial charge in [-0.05, 0) is 24.6 Å². The standard InChI is InChI=1S/C13H16ClN3O2S/c1-9-3-4-11(14)12(5-9)19-6-10(18)7-20-13-16-15-8-17(13)2/h3-5,8,10,18H,6-7H2,1-2H3/t10-/m1/s1. The first-order chi connectivity index (χ1) is 9.56. The van der Waals surface area contributed by atoms with Crippen molar-refractivity contribution in [1.82, 2.24) is 14.8 Å². The Labute approximate surface area is 126 Å². The van der Waals surface area contributed by atoms with Crippen LogP contribution in [0.3, 0.4) is 0 Å². The Balaban J connectivity index is 1.81. The Morgan fingerprint density at radius 1 is 1.50 bits per heavy atom. The molecule has 0 aliphatic rings. The second kappa shape index (κ2) is 6.97. The molecule has 0 unspecified atom stereocenters. The lowest BCUT2D eigenvalue weighted by molar-refractivity contribution is 0.126. The average molecular weight is 314 g/mol. The summed E-state index contributed by atoms with van der Waals surface area (Å²) in [6, 6.07) is 5.55. The lowest BCUT2D eigenvalue weighted by atomic mass is 10.2. The predicted molar refractivity (Wildman–Crippen MR) is 79.4 cm³/mol. The van der Waals surface area contributed by atoms with Gasteiger partial charge >= 0.3 is 0 Å². The van der Waals surface area contributed by atoms with Gasteiger partial charge in [-0.25, -0.2) is 0 Å². The summed E-state index contributed by atoms with van der Waals surface area (Å²) in [5, 5.41) is 18.9. The zero-order valence-electron chi connectivity index (χ0n) is 11.3. The first-order valence-electron chi connectivity index (χ1n) is 6.10. The number of thioether (sulfide) groups is 1. The van der Waals surface area contributed by atoms with Gasteiger partial charge in [-0.3, -0.25) is 0 Å². The molecule has 108 valence electrons. The minimum Gasteiger partial charge on any atom is -0.489 e. The number of aliphatic hydroxyl groups is 1. The molecule has 1 aromatic heterocycles. The molecule has 20 heavy (non-hydrogen) atoms. The quantitative estimate of drug-likeness (QED) is 0.829. The van der Waals surface area contributed by atoms with E-state index in [1.807, 2.05) is 26.1 Å². The van der Waals surface area contributed by atoms with Crippen molar-refractivity contribution in [2.45, 2.75) is 18.2 Å². The maximum atomic E-state index is 9.91. The zero-order valence-corrected chi connectivity index (χ0v) is 12.9. The first kappa shape index (κ1) is 15.2. The van der Waals surface area contributed by atoms with Gasteiger partial charge in [-0.2, -0.15) is 0 Å². The molecule has 1 atom stereocenters. The van der Waals surface area contributed by atoms with Crippen LogP contribution >= 0.6 is 23.4 Å². The molecule has 2 aromatic rings. The van der Waals surface area contributed by atoms with E-state index in [0.29, 0.717) is 16.5 Å². The summed E-state index contributed by atoms with van der Waals surface area (Å²) in [5.74, 6) is 1.07. The van der Waals surface area contributed by atoms with Crippen molar-refractivity contribution in [2.24, 2.45) is 7.05 Å². The maximum absolute atomic E-state index is 9.91. The Bertz CT molecular complexity index is 576. The third kappa shape index (κ3) is 4.13. The smallest absolute Gasteiger partial charge is 0.190 e. The number of nitrogens with zero attached hydrogens (tertiary/aromatic N) is 3. The summed E-state index contributed by atoms with van der Waals surface area (Å²) in [4.78, 5) is 0. The van der Waals surface area contributed by atoms with E-state index in [9.17, 15) is 5.11 Å². The third-order valence-electron chi connectivity index (χ3n) is 2.59. The van der Waals surface area contributed by atoms with Crippen LogP contribution in [0.4, 0.5) is 0 Å². The van der Waals surface area contributed by atoms with Gasteiger partial charge < -0.3 is 14.4 Å². The van der Waals surface area contributed by atoms with E-state index >= 15 is 0 Å². The van der Waals surface area contributed by atoms with E-state index in [2.05, 4.69) is 10.2 Å². The van der Waals surface area contributed by atoms with Crippen LogP contribution in [0.15, 0.2) is 29.7 Å². The molecule has 1 aromatic carbocycles. The molecule has 0 bridgehead atoms. The molecule has 0 aliphatic carbocycles. The highest BCUT2D eigenvalue weighted by Crippen LogP contribution is 2.25. The van der Waals surface area contributed by atoms with E-state index in [4.69, 9.17) is 16.3 Å². The highest BCUT2D eigenvalue weighted by atomic mass is 35.5. The van der Waals surface area contributed by atoms with Crippen LogP contribution in [-0.2, 0) is 7.05 Å².